The molecule has 0 saturated heterocycles. The SMILES string of the molecule is CCCCOC[C@H](C)CC. The van der Waals surface area contributed by atoms with E-state index in [9.17, 15) is 0 Å². The maximum absolute atomic E-state index is 5.43. The van der Waals surface area contributed by atoms with Gasteiger partial charge in [-0.1, -0.05) is 33.6 Å². The zero-order valence-corrected chi connectivity index (χ0v) is 7.52. The summed E-state index contributed by atoms with van der Waals surface area (Å²) in [4.78, 5) is 0. The minimum atomic E-state index is 0.733. The first-order valence-electron chi connectivity index (χ1n) is 4.39. The van der Waals surface area contributed by atoms with Crippen LogP contribution < -0.4 is 0 Å². The van der Waals surface area contributed by atoms with Gasteiger partial charge in [0.2, 0.25) is 0 Å². The number of hydrogen-bond donors (Lipinski definition) is 0. The van der Waals surface area contributed by atoms with Crippen LogP contribution in [0.4, 0.5) is 0 Å². The van der Waals surface area contributed by atoms with Gasteiger partial charge in [-0.25, -0.2) is 0 Å². The molecule has 0 heterocycles. The fraction of sp³-hybridized carbons (Fsp3) is 1.00. The van der Waals surface area contributed by atoms with Crippen molar-refractivity contribution in [2.75, 3.05) is 13.2 Å². The summed E-state index contributed by atoms with van der Waals surface area (Å²) < 4.78 is 5.43. The van der Waals surface area contributed by atoms with E-state index >= 15 is 0 Å². The molecule has 1 heteroatoms. The smallest absolute Gasteiger partial charge is 0.0491 e. The number of ether oxygens (including phenoxy) is 1. The molecule has 0 fully saturated rings. The minimum Gasteiger partial charge on any atom is -0.381 e. The Bertz CT molecular complexity index is 61.7. The highest BCUT2D eigenvalue weighted by atomic mass is 16.5. The third kappa shape index (κ3) is 6.09. The van der Waals surface area contributed by atoms with Gasteiger partial charge in [0.15, 0.2) is 0 Å². The zero-order valence-electron chi connectivity index (χ0n) is 7.52. The van der Waals surface area contributed by atoms with E-state index in [2.05, 4.69) is 20.8 Å². The van der Waals surface area contributed by atoms with Crippen LogP contribution in [0.15, 0.2) is 0 Å². The second kappa shape index (κ2) is 7.07. The quantitative estimate of drug-likeness (QED) is 0.521. The molecule has 10 heavy (non-hydrogen) atoms. The third-order valence-corrected chi connectivity index (χ3v) is 1.74. The third-order valence-electron chi connectivity index (χ3n) is 1.74. The Hall–Kier alpha value is -0.0400. The monoisotopic (exact) mass is 144 g/mol. The van der Waals surface area contributed by atoms with Gasteiger partial charge in [0.1, 0.15) is 0 Å². The first-order chi connectivity index (χ1) is 4.81. The van der Waals surface area contributed by atoms with Crippen LogP contribution in [0.2, 0.25) is 0 Å². The van der Waals surface area contributed by atoms with E-state index in [4.69, 9.17) is 4.74 Å². The second-order valence-corrected chi connectivity index (χ2v) is 2.94. The molecule has 0 amide bonds. The van der Waals surface area contributed by atoms with Crippen molar-refractivity contribution in [1.29, 1.82) is 0 Å². The summed E-state index contributed by atoms with van der Waals surface area (Å²) in [5, 5.41) is 0. The maximum Gasteiger partial charge on any atom is 0.0491 e. The van der Waals surface area contributed by atoms with Crippen LogP contribution >= 0.6 is 0 Å². The molecule has 0 rings (SSSR count). The molecule has 1 atom stereocenters. The fourth-order valence-corrected chi connectivity index (χ4v) is 0.649. The van der Waals surface area contributed by atoms with E-state index in [0.29, 0.717) is 0 Å². The van der Waals surface area contributed by atoms with Gasteiger partial charge in [-0.05, 0) is 12.3 Å². The van der Waals surface area contributed by atoms with Gasteiger partial charge in [0.05, 0.1) is 0 Å². The summed E-state index contributed by atoms with van der Waals surface area (Å²) in [6, 6.07) is 0. The molecule has 0 bridgehead atoms. The van der Waals surface area contributed by atoms with E-state index in [-0.39, 0.29) is 0 Å². The molecular formula is C9H20O. The highest BCUT2D eigenvalue weighted by Crippen LogP contribution is 2.00. The maximum atomic E-state index is 5.43. The molecule has 0 aromatic carbocycles. The van der Waals surface area contributed by atoms with Crippen LogP contribution in [-0.4, -0.2) is 13.2 Å². The van der Waals surface area contributed by atoms with Gasteiger partial charge in [-0.3, -0.25) is 0 Å². The second-order valence-electron chi connectivity index (χ2n) is 2.94. The molecule has 62 valence electrons. The Morgan fingerprint density at radius 2 is 2.00 bits per heavy atom. The van der Waals surface area contributed by atoms with Crippen LogP contribution in [0.3, 0.4) is 0 Å². The highest BCUT2D eigenvalue weighted by molar-refractivity contribution is 4.45. The molecule has 0 radical (unpaired) electrons. The lowest BCUT2D eigenvalue weighted by atomic mass is 10.1. The molecule has 0 aliphatic carbocycles. The van der Waals surface area contributed by atoms with Crippen molar-refractivity contribution in [3.05, 3.63) is 0 Å². The fourth-order valence-electron chi connectivity index (χ4n) is 0.649. The summed E-state index contributed by atoms with van der Waals surface area (Å²) in [5.74, 6) is 0.733. The van der Waals surface area contributed by atoms with Crippen molar-refractivity contribution in [1.82, 2.24) is 0 Å². The Kier molecular flexibility index (Phi) is 7.04. The summed E-state index contributed by atoms with van der Waals surface area (Å²) in [6.07, 6.45) is 3.67. The van der Waals surface area contributed by atoms with Crippen LogP contribution in [0.25, 0.3) is 0 Å². The predicted molar refractivity (Wildman–Crippen MR) is 45.2 cm³/mol. The standard InChI is InChI=1S/C9H20O/c1-4-6-7-10-8-9(3)5-2/h9H,4-8H2,1-3H3/t9-/m1/s1. The van der Waals surface area contributed by atoms with Crippen LogP contribution in [0.5, 0.6) is 0 Å². The van der Waals surface area contributed by atoms with Gasteiger partial charge in [-0.15, -0.1) is 0 Å². The lowest BCUT2D eigenvalue weighted by Gasteiger charge is -2.07. The molecule has 1 nitrogen and oxygen atoms in total. The van der Waals surface area contributed by atoms with Crippen LogP contribution in [-0.2, 0) is 4.74 Å². The van der Waals surface area contributed by atoms with E-state index < -0.39 is 0 Å². The zero-order chi connectivity index (χ0) is 7.82. The number of unbranched alkanes of at least 4 members (excludes halogenated alkanes) is 1. The summed E-state index contributed by atoms with van der Waals surface area (Å²) in [5.41, 5.74) is 0. The molecule has 0 spiro atoms. The topological polar surface area (TPSA) is 9.23 Å². The first-order valence-corrected chi connectivity index (χ1v) is 4.39. The van der Waals surface area contributed by atoms with Crippen molar-refractivity contribution < 1.29 is 4.74 Å². The Balaban J connectivity index is 2.89. The van der Waals surface area contributed by atoms with Gasteiger partial charge < -0.3 is 4.74 Å². The molecule has 0 aromatic rings. The molecule has 0 aliphatic rings. The molecule has 0 aromatic heterocycles. The van der Waals surface area contributed by atoms with Crippen LogP contribution in [0.1, 0.15) is 40.0 Å². The molecule has 0 saturated carbocycles. The van der Waals surface area contributed by atoms with Crippen molar-refractivity contribution in [2.24, 2.45) is 5.92 Å². The average molecular weight is 144 g/mol. The van der Waals surface area contributed by atoms with Crippen molar-refractivity contribution in [3.63, 3.8) is 0 Å². The molecule has 0 aliphatic heterocycles. The molecule has 0 unspecified atom stereocenters. The molecular weight excluding hydrogens is 124 g/mol. The Labute approximate surface area is 64.8 Å². The van der Waals surface area contributed by atoms with E-state index in [1.807, 2.05) is 0 Å². The average Bonchev–Trinajstić information content (AvgIpc) is 1.98. The Morgan fingerprint density at radius 3 is 2.50 bits per heavy atom. The first kappa shape index (κ1) is 9.96. The highest BCUT2D eigenvalue weighted by Gasteiger charge is 1.96. The van der Waals surface area contributed by atoms with E-state index in [1.54, 1.807) is 0 Å². The summed E-state index contributed by atoms with van der Waals surface area (Å²) in [7, 11) is 0. The summed E-state index contributed by atoms with van der Waals surface area (Å²) in [6.45, 7) is 8.50. The Morgan fingerprint density at radius 1 is 1.30 bits per heavy atom. The van der Waals surface area contributed by atoms with Gasteiger partial charge >= 0.3 is 0 Å². The van der Waals surface area contributed by atoms with Gasteiger partial charge in [0, 0.05) is 13.2 Å². The number of hydrogen-bond acceptors (Lipinski definition) is 1. The van der Waals surface area contributed by atoms with Crippen molar-refractivity contribution in [2.45, 2.75) is 40.0 Å². The van der Waals surface area contributed by atoms with Crippen LogP contribution in [0, 0.1) is 5.92 Å². The summed E-state index contributed by atoms with van der Waals surface area (Å²) >= 11 is 0. The largest absolute Gasteiger partial charge is 0.381 e. The lowest BCUT2D eigenvalue weighted by Crippen LogP contribution is -2.05. The lowest BCUT2D eigenvalue weighted by molar-refractivity contribution is 0.101. The minimum absolute atomic E-state index is 0.733. The van der Waals surface area contributed by atoms with Crippen molar-refractivity contribution >= 4 is 0 Å². The molecule has 0 N–H and O–H groups in total. The normalized spacial score (nSPS) is 13.5. The van der Waals surface area contributed by atoms with E-state index in [1.165, 1.54) is 19.3 Å². The van der Waals surface area contributed by atoms with Gasteiger partial charge in [-0.2, -0.15) is 0 Å². The van der Waals surface area contributed by atoms with Crippen molar-refractivity contribution in [3.8, 4) is 0 Å². The van der Waals surface area contributed by atoms with Gasteiger partial charge in [0.25, 0.3) is 0 Å². The predicted octanol–water partition coefficient (Wildman–Crippen LogP) is 2.85. The number of rotatable bonds is 6. The van der Waals surface area contributed by atoms with E-state index in [0.717, 1.165) is 19.1 Å².